The maximum Gasteiger partial charge on any atom is 0.227 e. The first-order valence-electron chi connectivity index (χ1n) is 9.82. The first-order valence-corrected chi connectivity index (χ1v) is 9.82. The normalized spacial score (nSPS) is 14.2. The van der Waals surface area contributed by atoms with Crippen LogP contribution in [0.1, 0.15) is 48.9 Å². The van der Waals surface area contributed by atoms with Crippen LogP contribution in [0.3, 0.4) is 0 Å². The molecule has 1 aliphatic carbocycles. The summed E-state index contributed by atoms with van der Waals surface area (Å²) in [5.41, 5.74) is 4.05. The first-order chi connectivity index (χ1) is 13.4. The van der Waals surface area contributed by atoms with Crippen LogP contribution in [0.5, 0.6) is 5.75 Å². The monoisotopic (exact) mass is 380 g/mol. The predicted molar refractivity (Wildman–Crippen MR) is 110 cm³/mol. The highest BCUT2D eigenvalue weighted by atomic mass is 16.5. The van der Waals surface area contributed by atoms with Gasteiger partial charge in [-0.3, -0.25) is 9.59 Å². The van der Waals surface area contributed by atoms with E-state index < -0.39 is 0 Å². The number of amides is 2. The molecule has 1 aliphatic rings. The van der Waals surface area contributed by atoms with Gasteiger partial charge in [0.05, 0.1) is 19.1 Å². The van der Waals surface area contributed by atoms with Crippen LogP contribution in [-0.2, 0) is 9.59 Å². The molecule has 0 radical (unpaired) electrons. The van der Waals surface area contributed by atoms with Gasteiger partial charge in [-0.2, -0.15) is 0 Å². The third kappa shape index (κ3) is 5.59. The number of nitrogens with one attached hydrogen (secondary N) is 2. The summed E-state index contributed by atoms with van der Waals surface area (Å²) in [6, 6.07) is 13.5. The average molecular weight is 380 g/mol. The maximum atomic E-state index is 12.2. The van der Waals surface area contributed by atoms with E-state index >= 15 is 0 Å². The minimum Gasteiger partial charge on any atom is -0.493 e. The van der Waals surface area contributed by atoms with Crippen LogP contribution in [0.25, 0.3) is 0 Å². The Morgan fingerprint density at radius 3 is 2.46 bits per heavy atom. The molecule has 2 aromatic carbocycles. The van der Waals surface area contributed by atoms with Crippen LogP contribution in [-0.4, -0.2) is 18.4 Å². The van der Waals surface area contributed by atoms with E-state index in [9.17, 15) is 9.59 Å². The van der Waals surface area contributed by atoms with Gasteiger partial charge in [-0.15, -0.1) is 0 Å². The fourth-order valence-corrected chi connectivity index (χ4v) is 3.06. The van der Waals surface area contributed by atoms with Gasteiger partial charge < -0.3 is 15.4 Å². The van der Waals surface area contributed by atoms with Crippen LogP contribution < -0.4 is 15.4 Å². The molecule has 0 aliphatic heterocycles. The zero-order chi connectivity index (χ0) is 20.1. The zero-order valence-corrected chi connectivity index (χ0v) is 16.7. The molecular formula is C23H28N2O3. The Balaban J connectivity index is 1.43. The van der Waals surface area contributed by atoms with Crippen molar-refractivity contribution in [2.75, 3.05) is 11.9 Å². The lowest BCUT2D eigenvalue weighted by atomic mass is 10.1. The van der Waals surface area contributed by atoms with Crippen LogP contribution in [0, 0.1) is 19.8 Å². The molecule has 0 bridgehead atoms. The Kier molecular flexibility index (Phi) is 6.34. The van der Waals surface area contributed by atoms with Crippen LogP contribution in [0.4, 0.5) is 5.69 Å². The van der Waals surface area contributed by atoms with Crippen LogP contribution >= 0.6 is 0 Å². The molecule has 0 aromatic heterocycles. The second-order valence-electron chi connectivity index (χ2n) is 7.54. The predicted octanol–water partition coefficient (Wildman–Crippen LogP) is 4.30. The van der Waals surface area contributed by atoms with E-state index in [-0.39, 0.29) is 23.8 Å². The highest BCUT2D eigenvalue weighted by molar-refractivity contribution is 5.94. The molecule has 2 amide bonds. The molecular weight excluding hydrogens is 352 g/mol. The standard InChI is InChI=1S/C23H28N2O3/c1-15-4-11-21(16(2)14-15)28-13-12-22(26)24-17(3)18-7-9-20(10-8-18)25-23(27)19-5-6-19/h4,7-11,14,17,19H,5-6,12-13H2,1-3H3,(H,24,26)(H,25,27). The van der Waals surface area contributed by atoms with Crippen molar-refractivity contribution in [3.8, 4) is 5.75 Å². The molecule has 1 saturated carbocycles. The SMILES string of the molecule is Cc1ccc(OCCC(=O)NC(C)c2ccc(NC(=O)C3CC3)cc2)c(C)c1. The first kappa shape index (κ1) is 19.9. The van der Waals surface area contributed by atoms with Gasteiger partial charge in [0, 0.05) is 11.6 Å². The van der Waals surface area contributed by atoms with E-state index in [1.54, 1.807) is 0 Å². The molecule has 148 valence electrons. The van der Waals surface area contributed by atoms with Crippen molar-refractivity contribution in [1.82, 2.24) is 5.32 Å². The van der Waals surface area contributed by atoms with Gasteiger partial charge in [-0.1, -0.05) is 29.8 Å². The molecule has 5 nitrogen and oxygen atoms in total. The van der Waals surface area contributed by atoms with Crippen molar-refractivity contribution >= 4 is 17.5 Å². The summed E-state index contributed by atoms with van der Waals surface area (Å²) in [4.78, 5) is 24.0. The summed E-state index contributed by atoms with van der Waals surface area (Å²) in [6.45, 7) is 6.33. The van der Waals surface area contributed by atoms with E-state index in [0.29, 0.717) is 13.0 Å². The number of hydrogen-bond acceptors (Lipinski definition) is 3. The highest BCUT2D eigenvalue weighted by Crippen LogP contribution is 2.30. The fraction of sp³-hybridized carbons (Fsp3) is 0.391. The van der Waals surface area contributed by atoms with Gasteiger partial charge in [0.1, 0.15) is 5.75 Å². The minimum absolute atomic E-state index is 0.0524. The highest BCUT2D eigenvalue weighted by Gasteiger charge is 2.29. The molecule has 5 heteroatoms. The van der Waals surface area contributed by atoms with Gasteiger partial charge >= 0.3 is 0 Å². The number of hydrogen-bond donors (Lipinski definition) is 2. The van der Waals surface area contributed by atoms with E-state index in [0.717, 1.165) is 35.4 Å². The van der Waals surface area contributed by atoms with E-state index in [2.05, 4.69) is 16.7 Å². The molecule has 2 N–H and O–H groups in total. The van der Waals surface area contributed by atoms with Crippen molar-refractivity contribution in [3.05, 3.63) is 59.2 Å². The number of rotatable bonds is 8. The third-order valence-corrected chi connectivity index (χ3v) is 4.92. The Labute approximate surface area is 166 Å². The van der Waals surface area contributed by atoms with Crippen LogP contribution in [0.2, 0.25) is 0 Å². The number of carbonyl (C=O) groups is 2. The summed E-state index contributed by atoms with van der Waals surface area (Å²) in [6.07, 6.45) is 2.27. The molecule has 1 unspecified atom stereocenters. The molecule has 1 atom stereocenters. The number of aryl methyl sites for hydroxylation is 2. The number of benzene rings is 2. The van der Waals surface area contributed by atoms with Crippen LogP contribution in [0.15, 0.2) is 42.5 Å². The lowest BCUT2D eigenvalue weighted by Gasteiger charge is -2.16. The van der Waals surface area contributed by atoms with Crippen molar-refractivity contribution in [1.29, 1.82) is 0 Å². The summed E-state index contributed by atoms with van der Waals surface area (Å²) in [7, 11) is 0. The largest absolute Gasteiger partial charge is 0.493 e. The van der Waals surface area contributed by atoms with E-state index in [4.69, 9.17) is 4.74 Å². The van der Waals surface area contributed by atoms with Crippen molar-refractivity contribution in [2.24, 2.45) is 5.92 Å². The van der Waals surface area contributed by atoms with Crippen molar-refractivity contribution < 1.29 is 14.3 Å². The van der Waals surface area contributed by atoms with Gasteiger partial charge in [0.15, 0.2) is 0 Å². The molecule has 2 aromatic rings. The molecule has 0 saturated heterocycles. The van der Waals surface area contributed by atoms with E-state index in [1.165, 1.54) is 5.56 Å². The summed E-state index contributed by atoms with van der Waals surface area (Å²) >= 11 is 0. The number of anilines is 1. The smallest absolute Gasteiger partial charge is 0.227 e. The van der Waals surface area contributed by atoms with Crippen molar-refractivity contribution in [2.45, 2.75) is 46.1 Å². The zero-order valence-electron chi connectivity index (χ0n) is 16.7. The molecule has 3 rings (SSSR count). The Morgan fingerprint density at radius 2 is 1.82 bits per heavy atom. The fourth-order valence-electron chi connectivity index (χ4n) is 3.06. The van der Waals surface area contributed by atoms with E-state index in [1.807, 2.05) is 57.2 Å². The Hall–Kier alpha value is -2.82. The van der Waals surface area contributed by atoms with Gasteiger partial charge in [0.2, 0.25) is 11.8 Å². The molecule has 0 spiro atoms. The van der Waals surface area contributed by atoms with Gasteiger partial charge in [0.25, 0.3) is 0 Å². The lowest BCUT2D eigenvalue weighted by Crippen LogP contribution is -2.27. The number of carbonyl (C=O) groups excluding carboxylic acids is 2. The second kappa shape index (κ2) is 8.91. The Morgan fingerprint density at radius 1 is 1.11 bits per heavy atom. The number of ether oxygens (including phenoxy) is 1. The summed E-state index contributed by atoms with van der Waals surface area (Å²) in [5, 5.41) is 5.91. The van der Waals surface area contributed by atoms with Gasteiger partial charge in [-0.25, -0.2) is 0 Å². The Bertz CT molecular complexity index is 841. The molecule has 1 fully saturated rings. The summed E-state index contributed by atoms with van der Waals surface area (Å²) in [5.74, 6) is 1.04. The maximum absolute atomic E-state index is 12.2. The van der Waals surface area contributed by atoms with Gasteiger partial charge in [-0.05, 0) is 62.9 Å². The molecule has 28 heavy (non-hydrogen) atoms. The molecule has 0 heterocycles. The third-order valence-electron chi connectivity index (χ3n) is 4.92. The minimum atomic E-state index is -0.109. The summed E-state index contributed by atoms with van der Waals surface area (Å²) < 4.78 is 5.73. The topological polar surface area (TPSA) is 67.4 Å². The second-order valence-corrected chi connectivity index (χ2v) is 7.54. The lowest BCUT2D eigenvalue weighted by molar-refractivity contribution is -0.122. The average Bonchev–Trinajstić information content (AvgIpc) is 3.49. The quantitative estimate of drug-likeness (QED) is 0.717. The van der Waals surface area contributed by atoms with Crippen molar-refractivity contribution in [3.63, 3.8) is 0 Å².